The minimum atomic E-state index is -1.04. The first-order valence-corrected chi connectivity index (χ1v) is 8.06. The van der Waals surface area contributed by atoms with Crippen molar-refractivity contribution in [3.63, 3.8) is 0 Å². The molecular formula is C20H22FNO3. The van der Waals surface area contributed by atoms with Crippen molar-refractivity contribution < 1.29 is 19.1 Å². The maximum absolute atomic E-state index is 13.8. The maximum atomic E-state index is 13.8. The largest absolute Gasteiger partial charge is 0.481 e. The van der Waals surface area contributed by atoms with Gasteiger partial charge in [0.05, 0.1) is 18.0 Å². The zero-order chi connectivity index (χ0) is 18.6. The topological polar surface area (TPSA) is 66.4 Å². The number of amides is 1. The molecule has 0 radical (unpaired) electrons. The van der Waals surface area contributed by atoms with E-state index in [2.05, 4.69) is 26.1 Å². The predicted molar refractivity (Wildman–Crippen MR) is 94.0 cm³/mol. The fraction of sp³-hybridized carbons (Fsp3) is 0.300. The molecule has 1 amide bonds. The van der Waals surface area contributed by atoms with Crippen LogP contribution in [-0.2, 0) is 10.2 Å². The highest BCUT2D eigenvalue weighted by Gasteiger charge is 2.21. The lowest BCUT2D eigenvalue weighted by Crippen LogP contribution is -2.30. The number of carboxylic acid groups (broad SMARTS) is 1. The van der Waals surface area contributed by atoms with Crippen LogP contribution in [0.5, 0.6) is 0 Å². The fourth-order valence-corrected chi connectivity index (χ4v) is 2.52. The van der Waals surface area contributed by atoms with Crippen LogP contribution in [0.25, 0.3) is 0 Å². The Morgan fingerprint density at radius 3 is 2.20 bits per heavy atom. The number of aliphatic carboxylic acids is 1. The Kier molecular flexibility index (Phi) is 5.57. The van der Waals surface area contributed by atoms with Gasteiger partial charge in [-0.05, 0) is 28.7 Å². The smallest absolute Gasteiger partial charge is 0.305 e. The molecular weight excluding hydrogens is 321 g/mol. The van der Waals surface area contributed by atoms with E-state index in [0.717, 1.165) is 5.56 Å². The lowest BCUT2D eigenvalue weighted by atomic mass is 9.86. The summed E-state index contributed by atoms with van der Waals surface area (Å²) in [6.45, 7) is 6.24. The molecule has 25 heavy (non-hydrogen) atoms. The van der Waals surface area contributed by atoms with E-state index in [4.69, 9.17) is 5.11 Å². The molecule has 0 bridgehead atoms. The van der Waals surface area contributed by atoms with E-state index < -0.39 is 23.7 Å². The fourth-order valence-electron chi connectivity index (χ4n) is 2.52. The van der Waals surface area contributed by atoms with Gasteiger partial charge in [0.1, 0.15) is 5.82 Å². The molecule has 0 heterocycles. The van der Waals surface area contributed by atoms with E-state index in [1.807, 2.05) is 12.1 Å². The first-order chi connectivity index (χ1) is 11.7. The van der Waals surface area contributed by atoms with Gasteiger partial charge in [0, 0.05) is 0 Å². The van der Waals surface area contributed by atoms with E-state index in [1.54, 1.807) is 18.2 Å². The average Bonchev–Trinajstić information content (AvgIpc) is 2.53. The highest BCUT2D eigenvalue weighted by molar-refractivity contribution is 5.94. The zero-order valence-corrected chi connectivity index (χ0v) is 14.5. The third-order valence-corrected chi connectivity index (χ3v) is 3.98. The van der Waals surface area contributed by atoms with E-state index in [-0.39, 0.29) is 17.4 Å². The lowest BCUT2D eigenvalue weighted by Gasteiger charge is -2.22. The summed E-state index contributed by atoms with van der Waals surface area (Å²) in [6.07, 6.45) is -0.283. The van der Waals surface area contributed by atoms with Crippen LogP contribution in [0, 0.1) is 5.82 Å². The van der Waals surface area contributed by atoms with Gasteiger partial charge in [-0.15, -0.1) is 0 Å². The molecule has 0 fully saturated rings. The number of nitrogens with one attached hydrogen (secondary N) is 1. The highest BCUT2D eigenvalue weighted by atomic mass is 19.1. The number of hydrogen-bond acceptors (Lipinski definition) is 2. The molecule has 0 aliphatic carbocycles. The Labute approximate surface area is 146 Å². The summed E-state index contributed by atoms with van der Waals surface area (Å²) in [5.74, 6) is -2.32. The lowest BCUT2D eigenvalue weighted by molar-refractivity contribution is -0.137. The monoisotopic (exact) mass is 343 g/mol. The van der Waals surface area contributed by atoms with Crippen LogP contribution in [0.2, 0.25) is 0 Å². The van der Waals surface area contributed by atoms with Gasteiger partial charge in [-0.3, -0.25) is 9.59 Å². The van der Waals surface area contributed by atoms with Gasteiger partial charge in [0.2, 0.25) is 0 Å². The maximum Gasteiger partial charge on any atom is 0.305 e. The number of benzene rings is 2. The van der Waals surface area contributed by atoms with Crippen LogP contribution in [0.15, 0.2) is 48.5 Å². The van der Waals surface area contributed by atoms with E-state index >= 15 is 0 Å². The number of halogens is 1. The second kappa shape index (κ2) is 7.47. The van der Waals surface area contributed by atoms with Crippen molar-refractivity contribution in [1.29, 1.82) is 0 Å². The molecule has 1 atom stereocenters. The summed E-state index contributed by atoms with van der Waals surface area (Å²) >= 11 is 0. The third kappa shape index (κ3) is 4.89. The van der Waals surface area contributed by atoms with Crippen molar-refractivity contribution in [1.82, 2.24) is 5.32 Å². The quantitative estimate of drug-likeness (QED) is 0.860. The molecule has 2 aromatic carbocycles. The average molecular weight is 343 g/mol. The molecule has 0 saturated heterocycles. The van der Waals surface area contributed by atoms with Gasteiger partial charge < -0.3 is 10.4 Å². The molecule has 0 aromatic heterocycles. The van der Waals surface area contributed by atoms with Crippen LogP contribution in [0.4, 0.5) is 4.39 Å². The standard InChI is InChI=1S/C20H22FNO3/c1-20(2,3)14-10-8-13(9-11-14)17(12-18(23)24)22-19(25)15-6-4-5-7-16(15)21/h4-11,17H,12H2,1-3H3,(H,22,25)(H,23,24)/t17-/m0/s1. The molecule has 0 aliphatic heterocycles. The predicted octanol–water partition coefficient (Wildman–Crippen LogP) is 4.07. The summed E-state index contributed by atoms with van der Waals surface area (Å²) in [6, 6.07) is 12.3. The molecule has 4 nitrogen and oxygen atoms in total. The second-order valence-electron chi connectivity index (χ2n) is 6.98. The first kappa shape index (κ1) is 18.6. The van der Waals surface area contributed by atoms with Gasteiger partial charge in [-0.25, -0.2) is 4.39 Å². The van der Waals surface area contributed by atoms with Gasteiger partial charge >= 0.3 is 5.97 Å². The van der Waals surface area contributed by atoms with Gasteiger partial charge in [-0.2, -0.15) is 0 Å². The van der Waals surface area contributed by atoms with Crippen LogP contribution in [-0.4, -0.2) is 17.0 Å². The first-order valence-electron chi connectivity index (χ1n) is 8.06. The summed E-state index contributed by atoms with van der Waals surface area (Å²) in [5, 5.41) is 11.8. The van der Waals surface area contributed by atoms with Crippen LogP contribution in [0.1, 0.15) is 54.7 Å². The third-order valence-electron chi connectivity index (χ3n) is 3.98. The minimum Gasteiger partial charge on any atom is -0.481 e. The molecule has 2 rings (SSSR count). The van der Waals surface area contributed by atoms with Crippen molar-refractivity contribution in [2.24, 2.45) is 0 Å². The molecule has 2 N–H and O–H groups in total. The Morgan fingerprint density at radius 1 is 1.08 bits per heavy atom. The van der Waals surface area contributed by atoms with Crippen LogP contribution >= 0.6 is 0 Å². The van der Waals surface area contributed by atoms with Crippen LogP contribution in [0.3, 0.4) is 0 Å². The molecule has 132 valence electrons. The summed E-state index contributed by atoms with van der Waals surface area (Å²) in [7, 11) is 0. The van der Waals surface area contributed by atoms with E-state index in [1.165, 1.54) is 18.2 Å². The Morgan fingerprint density at radius 2 is 1.68 bits per heavy atom. The molecule has 0 saturated carbocycles. The van der Waals surface area contributed by atoms with Crippen LogP contribution < -0.4 is 5.32 Å². The van der Waals surface area contributed by atoms with Crippen molar-refractivity contribution in [3.8, 4) is 0 Å². The summed E-state index contributed by atoms with van der Waals surface area (Å²) in [4.78, 5) is 23.5. The van der Waals surface area contributed by atoms with Gasteiger partial charge in [-0.1, -0.05) is 57.2 Å². The number of carbonyl (C=O) groups excluding carboxylic acids is 1. The van der Waals surface area contributed by atoms with Crippen molar-refractivity contribution >= 4 is 11.9 Å². The molecule has 2 aromatic rings. The van der Waals surface area contributed by atoms with E-state index in [9.17, 15) is 14.0 Å². The molecule has 0 spiro atoms. The SMILES string of the molecule is CC(C)(C)c1ccc([C@H](CC(=O)O)NC(=O)c2ccccc2F)cc1. The summed E-state index contributed by atoms with van der Waals surface area (Å²) in [5.41, 5.74) is 1.63. The number of carboxylic acids is 1. The minimum absolute atomic E-state index is 0.0305. The number of rotatable bonds is 5. The Bertz CT molecular complexity index is 763. The number of carbonyl (C=O) groups is 2. The highest BCUT2D eigenvalue weighted by Crippen LogP contribution is 2.25. The van der Waals surface area contributed by atoms with Crippen molar-refractivity contribution in [2.75, 3.05) is 0 Å². The Hall–Kier alpha value is -2.69. The molecule has 5 heteroatoms. The van der Waals surface area contributed by atoms with Gasteiger partial charge in [0.15, 0.2) is 0 Å². The van der Waals surface area contributed by atoms with Crippen molar-refractivity contribution in [2.45, 2.75) is 38.6 Å². The molecule has 0 unspecified atom stereocenters. The Balaban J connectivity index is 2.26. The number of hydrogen-bond donors (Lipinski definition) is 2. The second-order valence-corrected chi connectivity index (χ2v) is 6.98. The van der Waals surface area contributed by atoms with E-state index in [0.29, 0.717) is 5.56 Å². The van der Waals surface area contributed by atoms with Gasteiger partial charge in [0.25, 0.3) is 5.91 Å². The summed E-state index contributed by atoms with van der Waals surface area (Å²) < 4.78 is 13.8. The normalized spacial score (nSPS) is 12.5. The molecule has 0 aliphatic rings. The zero-order valence-electron chi connectivity index (χ0n) is 14.5. The van der Waals surface area contributed by atoms with Crippen molar-refractivity contribution in [3.05, 3.63) is 71.0 Å².